The lowest BCUT2D eigenvalue weighted by molar-refractivity contribution is -0.125. The molecule has 0 radical (unpaired) electrons. The minimum atomic E-state index is -0.631. The maximum Gasteiger partial charge on any atom is 0.433 e. The first kappa shape index (κ1) is 13.8. The summed E-state index contributed by atoms with van der Waals surface area (Å²) in [4.78, 5) is 27.7. The molecule has 1 N–H and O–H groups in total. The molecule has 0 rings (SSSR count). The van der Waals surface area contributed by atoms with Crippen molar-refractivity contribution in [1.82, 2.24) is 10.2 Å². The molecule has 0 fully saturated rings. The molecule has 0 aliphatic heterocycles. The third-order valence-corrected chi connectivity index (χ3v) is 2.25. The van der Waals surface area contributed by atoms with Crippen molar-refractivity contribution in [1.29, 1.82) is 0 Å². The highest BCUT2D eigenvalue weighted by Crippen LogP contribution is 2.04. The number of carbonyl (C=O) groups is 2. The lowest BCUT2D eigenvalue weighted by Crippen LogP contribution is -2.24. The van der Waals surface area contributed by atoms with Crippen LogP contribution in [0.3, 0.4) is 0 Å². The molecule has 86 valence electrons. The van der Waals surface area contributed by atoms with Crippen LogP contribution < -0.4 is 5.32 Å². The van der Waals surface area contributed by atoms with Gasteiger partial charge in [-0.3, -0.25) is 9.63 Å². The predicted molar refractivity (Wildman–Crippen MR) is 59.8 cm³/mol. The number of hydrogen-bond acceptors (Lipinski definition) is 5. The van der Waals surface area contributed by atoms with E-state index in [0.717, 1.165) is 0 Å². The van der Waals surface area contributed by atoms with Gasteiger partial charge in [0.15, 0.2) is 0 Å². The van der Waals surface area contributed by atoms with E-state index < -0.39 is 6.09 Å². The molecule has 0 bridgehead atoms. The number of nitrogens with zero attached hydrogens (tertiary/aromatic N) is 2. The standard InChI is InChI=1S/C8H15N3O3S/c1-6(10-14-8(13)9-2)15-5-7(12)11(3)4/h5H2,1-4H3,(H,9,13). The smallest absolute Gasteiger partial charge is 0.348 e. The molecule has 0 aromatic heterocycles. The molecule has 0 saturated carbocycles. The van der Waals surface area contributed by atoms with Crippen LogP contribution in [-0.4, -0.2) is 48.8 Å². The van der Waals surface area contributed by atoms with Gasteiger partial charge in [0, 0.05) is 21.1 Å². The van der Waals surface area contributed by atoms with Gasteiger partial charge in [0.05, 0.1) is 5.75 Å². The first-order chi connectivity index (χ1) is 6.97. The fourth-order valence-corrected chi connectivity index (χ4v) is 1.15. The van der Waals surface area contributed by atoms with Crippen LogP contribution in [0.1, 0.15) is 6.92 Å². The average Bonchev–Trinajstić information content (AvgIpc) is 2.21. The second-order valence-electron chi connectivity index (χ2n) is 2.82. The normalized spacial score (nSPS) is 10.8. The highest BCUT2D eigenvalue weighted by Gasteiger charge is 2.05. The van der Waals surface area contributed by atoms with Gasteiger partial charge >= 0.3 is 6.09 Å². The van der Waals surface area contributed by atoms with Crippen LogP contribution in [0.25, 0.3) is 0 Å². The first-order valence-corrected chi connectivity index (χ1v) is 5.22. The number of rotatable bonds is 3. The summed E-state index contributed by atoms with van der Waals surface area (Å²) in [5.41, 5.74) is 0. The molecule has 0 unspecified atom stereocenters. The van der Waals surface area contributed by atoms with Crippen LogP contribution in [0.15, 0.2) is 5.16 Å². The van der Waals surface area contributed by atoms with Crippen LogP contribution >= 0.6 is 11.8 Å². The molecular weight excluding hydrogens is 218 g/mol. The van der Waals surface area contributed by atoms with Crippen LogP contribution in [-0.2, 0) is 9.63 Å². The molecule has 6 nitrogen and oxygen atoms in total. The van der Waals surface area contributed by atoms with Gasteiger partial charge < -0.3 is 10.2 Å². The Morgan fingerprint density at radius 1 is 1.47 bits per heavy atom. The highest BCUT2D eigenvalue weighted by atomic mass is 32.2. The van der Waals surface area contributed by atoms with E-state index in [1.54, 1.807) is 21.0 Å². The van der Waals surface area contributed by atoms with E-state index in [0.29, 0.717) is 5.04 Å². The summed E-state index contributed by atoms with van der Waals surface area (Å²) in [6.45, 7) is 1.66. The van der Waals surface area contributed by atoms with E-state index in [2.05, 4.69) is 15.3 Å². The van der Waals surface area contributed by atoms with E-state index in [1.807, 2.05) is 0 Å². The average molecular weight is 233 g/mol. The van der Waals surface area contributed by atoms with Gasteiger partial charge in [0.25, 0.3) is 0 Å². The maximum absolute atomic E-state index is 11.2. The number of hydrogen-bond donors (Lipinski definition) is 1. The van der Waals surface area contributed by atoms with Gasteiger partial charge in [0.2, 0.25) is 5.91 Å². The Kier molecular flexibility index (Phi) is 6.52. The summed E-state index contributed by atoms with van der Waals surface area (Å²) in [5, 5.41) is 6.30. The molecular formula is C8H15N3O3S. The third-order valence-electron chi connectivity index (χ3n) is 1.36. The van der Waals surface area contributed by atoms with Crippen LogP contribution in [0, 0.1) is 0 Å². The molecule has 0 aromatic rings. The van der Waals surface area contributed by atoms with Crippen LogP contribution in [0.5, 0.6) is 0 Å². The van der Waals surface area contributed by atoms with Crippen molar-refractivity contribution < 1.29 is 14.4 Å². The Morgan fingerprint density at radius 3 is 2.53 bits per heavy atom. The fourth-order valence-electron chi connectivity index (χ4n) is 0.473. The van der Waals surface area contributed by atoms with Crippen LogP contribution in [0.2, 0.25) is 0 Å². The maximum atomic E-state index is 11.2. The number of thioether (sulfide) groups is 1. The van der Waals surface area contributed by atoms with Crippen molar-refractivity contribution in [2.45, 2.75) is 6.92 Å². The SMILES string of the molecule is CNC(=O)ON=C(C)SCC(=O)N(C)C. The number of oxime groups is 1. The van der Waals surface area contributed by atoms with Crippen LogP contribution in [0.4, 0.5) is 4.79 Å². The summed E-state index contributed by atoms with van der Waals surface area (Å²) in [7, 11) is 4.79. The molecule has 0 aliphatic carbocycles. The molecule has 7 heteroatoms. The summed E-state index contributed by atoms with van der Waals surface area (Å²) in [6, 6.07) is 0. The lowest BCUT2D eigenvalue weighted by atomic mass is 10.6. The van der Waals surface area contributed by atoms with Crippen molar-refractivity contribution in [2.24, 2.45) is 5.16 Å². The van der Waals surface area contributed by atoms with Crippen molar-refractivity contribution >= 4 is 28.8 Å². The van der Waals surface area contributed by atoms with Crippen molar-refractivity contribution in [2.75, 3.05) is 26.9 Å². The van der Waals surface area contributed by atoms with E-state index in [9.17, 15) is 9.59 Å². The zero-order valence-electron chi connectivity index (χ0n) is 9.23. The largest absolute Gasteiger partial charge is 0.433 e. The first-order valence-electron chi connectivity index (χ1n) is 4.23. The molecule has 0 spiro atoms. The van der Waals surface area contributed by atoms with E-state index in [1.165, 1.54) is 23.7 Å². The van der Waals surface area contributed by atoms with E-state index >= 15 is 0 Å². The van der Waals surface area contributed by atoms with Gasteiger partial charge in [-0.15, -0.1) is 0 Å². The fraction of sp³-hybridized carbons (Fsp3) is 0.625. The van der Waals surface area contributed by atoms with Crippen molar-refractivity contribution in [3.63, 3.8) is 0 Å². The summed E-state index contributed by atoms with van der Waals surface area (Å²) in [6.07, 6.45) is -0.631. The highest BCUT2D eigenvalue weighted by molar-refractivity contribution is 8.14. The monoisotopic (exact) mass is 233 g/mol. The predicted octanol–water partition coefficient (Wildman–Crippen LogP) is 0.497. The third kappa shape index (κ3) is 6.78. The zero-order valence-corrected chi connectivity index (χ0v) is 10.1. The Hall–Kier alpha value is -1.24. The minimum Gasteiger partial charge on any atom is -0.348 e. The number of carbonyl (C=O) groups excluding carboxylic acids is 2. The summed E-state index contributed by atoms with van der Waals surface area (Å²) in [5.74, 6) is 0.258. The van der Waals surface area contributed by atoms with Gasteiger partial charge in [-0.25, -0.2) is 4.79 Å². The topological polar surface area (TPSA) is 71.0 Å². The number of nitrogens with one attached hydrogen (secondary N) is 1. The molecule has 0 aliphatic rings. The Morgan fingerprint density at radius 2 is 2.07 bits per heavy atom. The molecule has 0 aromatic carbocycles. The summed E-state index contributed by atoms with van der Waals surface area (Å²) < 4.78 is 0. The van der Waals surface area contributed by atoms with E-state index in [-0.39, 0.29) is 11.7 Å². The van der Waals surface area contributed by atoms with Gasteiger partial charge in [0.1, 0.15) is 5.04 Å². The molecule has 15 heavy (non-hydrogen) atoms. The number of amides is 2. The Labute approximate surface area is 93.0 Å². The quantitative estimate of drug-likeness (QED) is 0.333. The zero-order chi connectivity index (χ0) is 11.8. The van der Waals surface area contributed by atoms with Gasteiger partial charge in [-0.1, -0.05) is 16.9 Å². The van der Waals surface area contributed by atoms with Gasteiger partial charge in [-0.2, -0.15) is 0 Å². The van der Waals surface area contributed by atoms with E-state index in [4.69, 9.17) is 0 Å². The molecule has 0 saturated heterocycles. The summed E-state index contributed by atoms with van der Waals surface area (Å²) >= 11 is 1.22. The lowest BCUT2D eigenvalue weighted by Gasteiger charge is -2.08. The molecule has 2 amide bonds. The minimum absolute atomic E-state index is 0.0190. The molecule has 0 heterocycles. The van der Waals surface area contributed by atoms with Gasteiger partial charge in [-0.05, 0) is 6.92 Å². The second kappa shape index (κ2) is 7.10. The molecule has 0 atom stereocenters. The Balaban J connectivity index is 3.87. The Bertz CT molecular complexity index is 266. The van der Waals surface area contributed by atoms with Crippen molar-refractivity contribution in [3.8, 4) is 0 Å². The second-order valence-corrected chi connectivity index (χ2v) is 3.98. The van der Waals surface area contributed by atoms with Crippen molar-refractivity contribution in [3.05, 3.63) is 0 Å².